The molecular formula is C22H27N3O3S. The summed E-state index contributed by atoms with van der Waals surface area (Å²) in [6.07, 6.45) is 1.35. The summed E-state index contributed by atoms with van der Waals surface area (Å²) in [6, 6.07) is 17.3. The molecule has 0 atom stereocenters. The van der Waals surface area contributed by atoms with Gasteiger partial charge in [0.05, 0.1) is 4.90 Å². The first-order valence-electron chi connectivity index (χ1n) is 10.1. The number of benzene rings is 2. The molecule has 0 unspecified atom stereocenters. The highest BCUT2D eigenvalue weighted by Crippen LogP contribution is 2.27. The lowest BCUT2D eigenvalue weighted by atomic mass is 10.1. The van der Waals surface area contributed by atoms with Crippen molar-refractivity contribution in [1.29, 1.82) is 0 Å². The first-order valence-corrected chi connectivity index (χ1v) is 11.6. The second-order valence-corrected chi connectivity index (χ2v) is 9.69. The van der Waals surface area contributed by atoms with Crippen LogP contribution in [0.3, 0.4) is 0 Å². The van der Waals surface area contributed by atoms with Crippen molar-refractivity contribution in [3.63, 3.8) is 0 Å². The Hall–Kier alpha value is -2.38. The molecule has 2 aliphatic heterocycles. The molecule has 2 heterocycles. The van der Waals surface area contributed by atoms with Gasteiger partial charge in [-0.2, -0.15) is 4.31 Å². The van der Waals surface area contributed by atoms with Gasteiger partial charge in [0.1, 0.15) is 0 Å². The van der Waals surface area contributed by atoms with E-state index in [0.717, 1.165) is 17.7 Å². The standard InChI is InChI=1S/C22H27N3O3S/c1-18-7-5-6-10-21(18)29(27,28)24-13-11-20(12-14-24)25-16-15-23(22(25)26)17-19-8-3-2-4-9-19/h2-10,20H,11-17H2,1H3. The van der Waals surface area contributed by atoms with E-state index in [1.807, 2.05) is 59.2 Å². The van der Waals surface area contributed by atoms with Gasteiger partial charge in [0, 0.05) is 38.8 Å². The Morgan fingerprint density at radius 3 is 2.24 bits per heavy atom. The smallest absolute Gasteiger partial charge is 0.320 e. The number of rotatable bonds is 5. The van der Waals surface area contributed by atoms with Crippen LogP contribution in [0.25, 0.3) is 0 Å². The van der Waals surface area contributed by atoms with Crippen molar-refractivity contribution in [2.45, 2.75) is 37.2 Å². The Labute approximate surface area is 172 Å². The van der Waals surface area contributed by atoms with Crippen LogP contribution in [0, 0.1) is 6.92 Å². The van der Waals surface area contributed by atoms with Crippen molar-refractivity contribution in [1.82, 2.24) is 14.1 Å². The summed E-state index contributed by atoms with van der Waals surface area (Å²) in [5.41, 5.74) is 1.89. The maximum absolute atomic E-state index is 13.0. The second kappa shape index (κ2) is 8.16. The first-order chi connectivity index (χ1) is 14.0. The molecule has 154 valence electrons. The van der Waals surface area contributed by atoms with Crippen molar-refractivity contribution in [3.05, 3.63) is 65.7 Å². The average molecular weight is 414 g/mol. The lowest BCUT2D eigenvalue weighted by Gasteiger charge is -2.36. The summed E-state index contributed by atoms with van der Waals surface area (Å²) in [4.78, 5) is 17.1. The molecule has 2 aromatic rings. The van der Waals surface area contributed by atoms with E-state index in [0.29, 0.717) is 43.9 Å². The van der Waals surface area contributed by atoms with Crippen LogP contribution in [-0.4, -0.2) is 60.8 Å². The van der Waals surface area contributed by atoms with Gasteiger partial charge in [-0.3, -0.25) is 0 Å². The van der Waals surface area contributed by atoms with E-state index in [1.54, 1.807) is 16.4 Å². The van der Waals surface area contributed by atoms with Gasteiger partial charge in [-0.1, -0.05) is 48.5 Å². The minimum atomic E-state index is -3.49. The van der Waals surface area contributed by atoms with Gasteiger partial charge in [-0.05, 0) is 37.0 Å². The van der Waals surface area contributed by atoms with Crippen molar-refractivity contribution >= 4 is 16.1 Å². The average Bonchev–Trinajstić information content (AvgIpc) is 3.09. The summed E-state index contributed by atoms with van der Waals surface area (Å²) in [6.45, 7) is 4.77. The van der Waals surface area contributed by atoms with E-state index in [1.165, 1.54) is 0 Å². The third kappa shape index (κ3) is 4.02. The molecule has 0 aromatic heterocycles. The molecule has 0 radical (unpaired) electrons. The van der Waals surface area contributed by atoms with Gasteiger partial charge >= 0.3 is 6.03 Å². The molecule has 0 spiro atoms. The highest BCUT2D eigenvalue weighted by molar-refractivity contribution is 7.89. The summed E-state index contributed by atoms with van der Waals surface area (Å²) >= 11 is 0. The third-order valence-corrected chi connectivity index (χ3v) is 7.98. The summed E-state index contributed by atoms with van der Waals surface area (Å²) in [5.74, 6) is 0. The molecule has 2 amide bonds. The number of sulfonamides is 1. The molecule has 6 nitrogen and oxygen atoms in total. The van der Waals surface area contributed by atoms with Gasteiger partial charge in [-0.15, -0.1) is 0 Å². The van der Waals surface area contributed by atoms with Crippen LogP contribution in [0.4, 0.5) is 4.79 Å². The zero-order valence-corrected chi connectivity index (χ0v) is 17.5. The SMILES string of the molecule is Cc1ccccc1S(=O)(=O)N1CCC(N2CCN(Cc3ccccc3)C2=O)CC1. The molecule has 7 heteroatoms. The number of aryl methyl sites for hydroxylation is 1. The third-order valence-electron chi connectivity index (χ3n) is 5.92. The number of hydrogen-bond acceptors (Lipinski definition) is 3. The van der Waals surface area contributed by atoms with E-state index in [-0.39, 0.29) is 12.1 Å². The molecule has 0 N–H and O–H groups in total. The lowest BCUT2D eigenvalue weighted by molar-refractivity contribution is 0.153. The topological polar surface area (TPSA) is 60.9 Å². The van der Waals surface area contributed by atoms with Crippen molar-refractivity contribution < 1.29 is 13.2 Å². The quantitative estimate of drug-likeness (QED) is 0.757. The predicted octanol–water partition coefficient (Wildman–Crippen LogP) is 3.09. The van der Waals surface area contributed by atoms with Gasteiger partial charge in [0.15, 0.2) is 0 Å². The maximum atomic E-state index is 13.0. The maximum Gasteiger partial charge on any atom is 0.320 e. The molecule has 2 saturated heterocycles. The summed E-state index contributed by atoms with van der Waals surface area (Å²) < 4.78 is 27.5. The van der Waals surface area contributed by atoms with Crippen molar-refractivity contribution in [2.24, 2.45) is 0 Å². The predicted molar refractivity (Wildman–Crippen MR) is 112 cm³/mol. The Kier molecular flexibility index (Phi) is 5.61. The van der Waals surface area contributed by atoms with Gasteiger partial charge in [0.2, 0.25) is 10.0 Å². The minimum absolute atomic E-state index is 0.0639. The fourth-order valence-corrected chi connectivity index (χ4v) is 5.96. The largest absolute Gasteiger partial charge is 0.320 e. The van der Waals surface area contributed by atoms with Crippen LogP contribution in [0.15, 0.2) is 59.5 Å². The van der Waals surface area contributed by atoms with Crippen LogP contribution < -0.4 is 0 Å². The number of urea groups is 1. The summed E-state index contributed by atoms with van der Waals surface area (Å²) in [5, 5.41) is 0. The second-order valence-electron chi connectivity index (χ2n) is 7.78. The molecule has 2 aliphatic rings. The normalized spacial score (nSPS) is 19.1. The molecule has 4 rings (SSSR count). The zero-order valence-electron chi connectivity index (χ0n) is 16.7. The van der Waals surface area contributed by atoms with E-state index < -0.39 is 10.0 Å². The van der Waals surface area contributed by atoms with Gasteiger partial charge in [0.25, 0.3) is 0 Å². The molecular weight excluding hydrogens is 386 g/mol. The molecule has 2 fully saturated rings. The highest BCUT2D eigenvalue weighted by Gasteiger charge is 2.37. The molecule has 0 aliphatic carbocycles. The van der Waals surface area contributed by atoms with Gasteiger partial charge in [-0.25, -0.2) is 13.2 Å². The number of amides is 2. The minimum Gasteiger partial charge on any atom is -0.320 e. The number of carbonyl (C=O) groups is 1. The Bertz CT molecular complexity index is 970. The lowest BCUT2D eigenvalue weighted by Crippen LogP contribution is -2.48. The molecule has 0 bridgehead atoms. The van der Waals surface area contributed by atoms with E-state index in [2.05, 4.69) is 0 Å². The van der Waals surface area contributed by atoms with Crippen molar-refractivity contribution in [2.75, 3.05) is 26.2 Å². The highest BCUT2D eigenvalue weighted by atomic mass is 32.2. The fourth-order valence-electron chi connectivity index (χ4n) is 4.27. The number of carbonyl (C=O) groups excluding carboxylic acids is 1. The van der Waals surface area contributed by atoms with Crippen LogP contribution in [0.1, 0.15) is 24.0 Å². The molecule has 0 saturated carbocycles. The zero-order chi connectivity index (χ0) is 20.4. The monoisotopic (exact) mass is 413 g/mol. The van der Waals surface area contributed by atoms with Crippen LogP contribution in [-0.2, 0) is 16.6 Å². The van der Waals surface area contributed by atoms with Gasteiger partial charge < -0.3 is 9.80 Å². The Morgan fingerprint density at radius 2 is 1.55 bits per heavy atom. The number of piperidine rings is 1. The fraction of sp³-hybridized carbons (Fsp3) is 0.409. The van der Waals surface area contributed by atoms with Crippen LogP contribution in [0.2, 0.25) is 0 Å². The Morgan fingerprint density at radius 1 is 0.897 bits per heavy atom. The van der Waals surface area contributed by atoms with E-state index >= 15 is 0 Å². The first kappa shape index (κ1) is 19.9. The van der Waals surface area contributed by atoms with E-state index in [9.17, 15) is 13.2 Å². The molecule has 2 aromatic carbocycles. The summed E-state index contributed by atoms with van der Waals surface area (Å²) in [7, 11) is -3.49. The van der Waals surface area contributed by atoms with Crippen LogP contribution >= 0.6 is 0 Å². The number of hydrogen-bond donors (Lipinski definition) is 0. The van der Waals surface area contributed by atoms with Crippen molar-refractivity contribution in [3.8, 4) is 0 Å². The van der Waals surface area contributed by atoms with Crippen LogP contribution in [0.5, 0.6) is 0 Å². The Balaban J connectivity index is 1.38. The number of nitrogens with zero attached hydrogens (tertiary/aromatic N) is 3. The van der Waals surface area contributed by atoms with E-state index in [4.69, 9.17) is 0 Å². The molecule has 29 heavy (non-hydrogen) atoms.